The molecule has 0 aliphatic carbocycles. The van der Waals surface area contributed by atoms with E-state index in [4.69, 9.17) is 4.74 Å². The molecular formula is C12H15F4NO. The van der Waals surface area contributed by atoms with E-state index in [1.54, 1.807) is 12.1 Å². The topological polar surface area (TPSA) is 21.3 Å². The van der Waals surface area contributed by atoms with Crippen LogP contribution in [0.1, 0.15) is 18.4 Å². The number of methoxy groups -OCH3 is 1. The molecule has 0 aliphatic rings. The fourth-order valence-corrected chi connectivity index (χ4v) is 1.49. The lowest BCUT2D eigenvalue weighted by atomic mass is 10.2. The van der Waals surface area contributed by atoms with E-state index in [1.165, 1.54) is 13.2 Å². The molecule has 0 atom stereocenters. The number of hydrogen-bond acceptors (Lipinski definition) is 2. The molecule has 102 valence electrons. The van der Waals surface area contributed by atoms with Crippen molar-refractivity contribution >= 4 is 0 Å². The number of benzene rings is 1. The Morgan fingerprint density at radius 2 is 2.00 bits per heavy atom. The summed E-state index contributed by atoms with van der Waals surface area (Å²) in [5.41, 5.74) is 0.376. The Balaban J connectivity index is 2.36. The van der Waals surface area contributed by atoms with E-state index in [-0.39, 0.29) is 25.3 Å². The third kappa shape index (κ3) is 4.91. The van der Waals surface area contributed by atoms with Gasteiger partial charge in [-0.3, -0.25) is 0 Å². The van der Waals surface area contributed by atoms with Crippen molar-refractivity contribution < 1.29 is 22.3 Å². The van der Waals surface area contributed by atoms with Gasteiger partial charge in [-0.05, 0) is 19.0 Å². The van der Waals surface area contributed by atoms with Crippen LogP contribution in [-0.4, -0.2) is 19.8 Å². The summed E-state index contributed by atoms with van der Waals surface area (Å²) in [4.78, 5) is 0. The Hall–Kier alpha value is -1.30. The van der Waals surface area contributed by atoms with E-state index >= 15 is 0 Å². The summed E-state index contributed by atoms with van der Waals surface area (Å²) < 4.78 is 54.0. The fourth-order valence-electron chi connectivity index (χ4n) is 1.49. The predicted molar refractivity (Wildman–Crippen MR) is 59.9 cm³/mol. The highest BCUT2D eigenvalue weighted by molar-refractivity contribution is 5.30. The number of halogens is 4. The van der Waals surface area contributed by atoms with Crippen LogP contribution in [0.5, 0.6) is 5.75 Å². The summed E-state index contributed by atoms with van der Waals surface area (Å²) in [5.74, 6) is -0.354. The summed E-state index contributed by atoms with van der Waals surface area (Å²) in [7, 11) is 1.36. The molecule has 0 fully saturated rings. The maximum absolute atomic E-state index is 13.6. The molecule has 0 saturated carbocycles. The minimum atomic E-state index is -4.14. The van der Waals surface area contributed by atoms with Gasteiger partial charge in [-0.25, -0.2) is 4.39 Å². The number of ether oxygens (including phenoxy) is 1. The fraction of sp³-hybridized carbons (Fsp3) is 0.500. The summed E-state index contributed by atoms with van der Waals surface area (Å²) in [6.45, 7) is 0.372. The zero-order valence-corrected chi connectivity index (χ0v) is 9.98. The number of rotatable bonds is 6. The highest BCUT2D eigenvalue weighted by atomic mass is 19.4. The van der Waals surface area contributed by atoms with Gasteiger partial charge in [0, 0.05) is 18.5 Å². The molecule has 0 aliphatic heterocycles. The highest BCUT2D eigenvalue weighted by Gasteiger charge is 2.25. The van der Waals surface area contributed by atoms with Crippen LogP contribution in [0.25, 0.3) is 0 Å². The molecule has 0 bridgehead atoms. The smallest absolute Gasteiger partial charge is 0.389 e. The Morgan fingerprint density at radius 1 is 1.28 bits per heavy atom. The predicted octanol–water partition coefficient (Wildman–Crippen LogP) is 3.27. The van der Waals surface area contributed by atoms with Gasteiger partial charge in [0.05, 0.1) is 7.11 Å². The van der Waals surface area contributed by atoms with Gasteiger partial charge in [0.2, 0.25) is 0 Å². The lowest BCUT2D eigenvalue weighted by Gasteiger charge is -2.09. The van der Waals surface area contributed by atoms with Gasteiger partial charge in [0.25, 0.3) is 0 Å². The van der Waals surface area contributed by atoms with Gasteiger partial charge in [-0.15, -0.1) is 0 Å². The molecule has 1 rings (SSSR count). The molecule has 0 heterocycles. The highest BCUT2D eigenvalue weighted by Crippen LogP contribution is 2.21. The van der Waals surface area contributed by atoms with Crippen LogP contribution in [-0.2, 0) is 6.54 Å². The van der Waals surface area contributed by atoms with Gasteiger partial charge < -0.3 is 10.1 Å². The van der Waals surface area contributed by atoms with E-state index in [0.717, 1.165) is 0 Å². The number of hydrogen-bond donors (Lipinski definition) is 1. The molecule has 18 heavy (non-hydrogen) atoms. The van der Waals surface area contributed by atoms with Crippen molar-refractivity contribution in [3.63, 3.8) is 0 Å². The maximum Gasteiger partial charge on any atom is 0.389 e. The first-order chi connectivity index (χ1) is 8.44. The Kier molecular flexibility index (Phi) is 5.40. The van der Waals surface area contributed by atoms with Crippen LogP contribution in [0.4, 0.5) is 17.6 Å². The lowest BCUT2D eigenvalue weighted by molar-refractivity contribution is -0.135. The van der Waals surface area contributed by atoms with Crippen molar-refractivity contribution in [1.82, 2.24) is 5.32 Å². The molecule has 0 aromatic heterocycles. The monoisotopic (exact) mass is 265 g/mol. The molecule has 6 heteroatoms. The summed E-state index contributed by atoms with van der Waals surface area (Å²) in [6.07, 6.45) is -4.99. The van der Waals surface area contributed by atoms with Crippen molar-refractivity contribution in [2.45, 2.75) is 25.6 Å². The second-order valence-electron chi connectivity index (χ2n) is 3.83. The SMILES string of the molecule is COc1cccc(CNCCCC(F)(F)F)c1F. The normalized spacial score (nSPS) is 11.6. The summed E-state index contributed by atoms with van der Waals surface area (Å²) in [5, 5.41) is 2.77. The second-order valence-corrected chi connectivity index (χ2v) is 3.83. The van der Waals surface area contributed by atoms with Crippen molar-refractivity contribution in [2.75, 3.05) is 13.7 Å². The summed E-state index contributed by atoms with van der Waals surface area (Å²) in [6, 6.07) is 4.69. The van der Waals surface area contributed by atoms with Gasteiger partial charge in [-0.2, -0.15) is 13.2 Å². The standard InChI is InChI=1S/C12H15F4NO/c1-18-10-5-2-4-9(11(10)13)8-17-7-3-6-12(14,15)16/h2,4-5,17H,3,6-8H2,1H3. The molecule has 0 saturated heterocycles. The van der Waals surface area contributed by atoms with Crippen molar-refractivity contribution in [1.29, 1.82) is 0 Å². The average molecular weight is 265 g/mol. The molecule has 2 nitrogen and oxygen atoms in total. The van der Waals surface area contributed by atoms with Crippen molar-refractivity contribution in [3.05, 3.63) is 29.6 Å². The van der Waals surface area contributed by atoms with Crippen LogP contribution < -0.4 is 10.1 Å². The Labute approximate surface area is 103 Å². The van der Waals surface area contributed by atoms with E-state index < -0.39 is 18.4 Å². The molecule has 1 aromatic rings. The number of nitrogens with one attached hydrogen (secondary N) is 1. The zero-order chi connectivity index (χ0) is 13.6. The first kappa shape index (κ1) is 14.8. The Bertz CT molecular complexity index is 379. The quantitative estimate of drug-likeness (QED) is 0.629. The first-order valence-electron chi connectivity index (χ1n) is 5.53. The van der Waals surface area contributed by atoms with E-state index in [9.17, 15) is 17.6 Å². The van der Waals surface area contributed by atoms with Crippen molar-refractivity contribution in [2.24, 2.45) is 0 Å². The molecule has 0 spiro atoms. The second kappa shape index (κ2) is 6.58. The van der Waals surface area contributed by atoms with Gasteiger partial charge in [0.1, 0.15) is 0 Å². The van der Waals surface area contributed by atoms with Crippen LogP contribution in [0.3, 0.4) is 0 Å². The third-order valence-corrected chi connectivity index (χ3v) is 2.39. The van der Waals surface area contributed by atoms with Crippen LogP contribution >= 0.6 is 0 Å². The van der Waals surface area contributed by atoms with Crippen LogP contribution in [0.15, 0.2) is 18.2 Å². The molecule has 1 aromatic carbocycles. The largest absolute Gasteiger partial charge is 0.494 e. The molecule has 0 unspecified atom stereocenters. The zero-order valence-electron chi connectivity index (χ0n) is 9.98. The average Bonchev–Trinajstić information content (AvgIpc) is 2.29. The van der Waals surface area contributed by atoms with E-state index in [1.807, 2.05) is 0 Å². The lowest BCUT2D eigenvalue weighted by Crippen LogP contribution is -2.18. The molecular weight excluding hydrogens is 250 g/mol. The van der Waals surface area contributed by atoms with Crippen molar-refractivity contribution in [3.8, 4) is 5.75 Å². The number of alkyl halides is 3. The van der Waals surface area contributed by atoms with Gasteiger partial charge >= 0.3 is 6.18 Å². The minimum Gasteiger partial charge on any atom is -0.494 e. The Morgan fingerprint density at radius 3 is 2.61 bits per heavy atom. The maximum atomic E-state index is 13.6. The van der Waals surface area contributed by atoms with Gasteiger partial charge in [0.15, 0.2) is 11.6 Å². The summed E-state index contributed by atoms with van der Waals surface area (Å²) >= 11 is 0. The molecule has 1 N–H and O–H groups in total. The molecule has 0 radical (unpaired) electrons. The van der Waals surface area contributed by atoms with E-state index in [2.05, 4.69) is 5.32 Å². The molecule has 0 amide bonds. The van der Waals surface area contributed by atoms with Crippen LogP contribution in [0.2, 0.25) is 0 Å². The third-order valence-electron chi connectivity index (χ3n) is 2.39. The van der Waals surface area contributed by atoms with E-state index in [0.29, 0.717) is 5.56 Å². The van der Waals surface area contributed by atoms with Gasteiger partial charge in [-0.1, -0.05) is 12.1 Å². The first-order valence-corrected chi connectivity index (χ1v) is 5.53. The minimum absolute atomic E-state index is 0.0188. The van der Waals surface area contributed by atoms with Crippen LogP contribution in [0, 0.1) is 5.82 Å².